The van der Waals surface area contributed by atoms with Gasteiger partial charge in [-0.15, -0.1) is 6.58 Å². The molecule has 9 heavy (non-hydrogen) atoms. The third-order valence-corrected chi connectivity index (χ3v) is 0.760. The molecule has 3 nitrogen and oxygen atoms in total. The molecule has 0 aromatic carbocycles. The Morgan fingerprint density at radius 3 is 2.78 bits per heavy atom. The normalized spacial score (nSPS) is 12.6. The van der Waals surface area contributed by atoms with Gasteiger partial charge in [0.15, 0.2) is 6.29 Å². The molecule has 0 aromatic rings. The van der Waals surface area contributed by atoms with Crippen molar-refractivity contribution in [2.24, 2.45) is 0 Å². The van der Waals surface area contributed by atoms with E-state index in [9.17, 15) is 4.79 Å². The van der Waals surface area contributed by atoms with Crippen LogP contribution >= 0.6 is 0 Å². The van der Waals surface area contributed by atoms with E-state index in [2.05, 4.69) is 6.58 Å². The van der Waals surface area contributed by atoms with E-state index in [1.54, 1.807) is 0 Å². The summed E-state index contributed by atoms with van der Waals surface area (Å²) >= 11 is 0. The van der Waals surface area contributed by atoms with Crippen LogP contribution in [0, 0.1) is 0 Å². The highest BCUT2D eigenvalue weighted by atomic mass is 16.5. The Kier molecular flexibility index (Phi) is 5.06. The van der Waals surface area contributed by atoms with Crippen molar-refractivity contribution in [3.05, 3.63) is 12.7 Å². The number of aliphatic hydroxyl groups excluding tert-OH is 1. The lowest BCUT2D eigenvalue weighted by molar-refractivity contribution is -0.119. The van der Waals surface area contributed by atoms with Crippen molar-refractivity contribution in [2.45, 2.75) is 6.10 Å². The highest BCUT2D eigenvalue weighted by Gasteiger charge is 2.01. The molecule has 52 valence electrons. The van der Waals surface area contributed by atoms with Gasteiger partial charge in [-0.05, 0) is 0 Å². The lowest BCUT2D eigenvalue weighted by Crippen LogP contribution is -2.18. The molecule has 0 fully saturated rings. The first-order valence-electron chi connectivity index (χ1n) is 2.63. The van der Waals surface area contributed by atoms with Gasteiger partial charge in [-0.25, -0.2) is 0 Å². The second-order valence-electron chi connectivity index (χ2n) is 1.48. The maximum atomic E-state index is 9.92. The second-order valence-corrected chi connectivity index (χ2v) is 1.48. The summed E-state index contributed by atoms with van der Waals surface area (Å²) in [5, 5.41) is 8.36. The lowest BCUT2D eigenvalue weighted by atomic mass is 10.4. The minimum atomic E-state index is -0.692. The number of carbonyl (C=O) groups is 1. The van der Waals surface area contributed by atoms with Crippen molar-refractivity contribution in [3.8, 4) is 0 Å². The van der Waals surface area contributed by atoms with E-state index < -0.39 is 6.10 Å². The molecule has 3 heteroatoms. The van der Waals surface area contributed by atoms with Crippen molar-refractivity contribution in [1.29, 1.82) is 0 Å². The van der Waals surface area contributed by atoms with Crippen LogP contribution in [-0.4, -0.2) is 30.7 Å². The van der Waals surface area contributed by atoms with Crippen molar-refractivity contribution in [3.63, 3.8) is 0 Å². The summed E-state index contributed by atoms with van der Waals surface area (Å²) in [5.41, 5.74) is 0. The van der Waals surface area contributed by atoms with Gasteiger partial charge in [-0.1, -0.05) is 6.08 Å². The van der Waals surface area contributed by atoms with Gasteiger partial charge in [-0.3, -0.25) is 0 Å². The highest BCUT2D eigenvalue weighted by molar-refractivity contribution is 5.56. The zero-order valence-corrected chi connectivity index (χ0v) is 5.12. The first-order valence-corrected chi connectivity index (χ1v) is 2.63. The van der Waals surface area contributed by atoms with Crippen LogP contribution in [0.4, 0.5) is 0 Å². The van der Waals surface area contributed by atoms with Crippen LogP contribution in [0.5, 0.6) is 0 Å². The molecule has 0 saturated heterocycles. The van der Waals surface area contributed by atoms with Gasteiger partial charge in [0, 0.05) is 0 Å². The van der Waals surface area contributed by atoms with Gasteiger partial charge in [0.25, 0.3) is 0 Å². The molecule has 0 aromatic heterocycles. The first-order chi connectivity index (χ1) is 4.35. The zero-order valence-electron chi connectivity index (χ0n) is 5.12. The monoisotopic (exact) mass is 130 g/mol. The zero-order chi connectivity index (χ0) is 7.11. The van der Waals surface area contributed by atoms with Crippen molar-refractivity contribution < 1.29 is 14.6 Å². The topological polar surface area (TPSA) is 46.5 Å². The summed E-state index contributed by atoms with van der Waals surface area (Å²) < 4.78 is 4.75. The number of carbonyl (C=O) groups excluding carboxylic acids is 1. The fourth-order valence-electron chi connectivity index (χ4n) is 0.327. The van der Waals surface area contributed by atoms with Crippen LogP contribution in [0.3, 0.4) is 0 Å². The molecule has 0 bridgehead atoms. The molecule has 1 atom stereocenters. The average Bonchev–Trinajstić information content (AvgIpc) is 1.91. The van der Waals surface area contributed by atoms with Gasteiger partial charge in [-0.2, -0.15) is 0 Å². The van der Waals surface area contributed by atoms with E-state index in [1.807, 2.05) is 0 Å². The van der Waals surface area contributed by atoms with Gasteiger partial charge < -0.3 is 14.6 Å². The molecule has 1 N–H and O–H groups in total. The SMILES string of the molecule is C=CCO[C@@H](C=O)CO. The third-order valence-electron chi connectivity index (χ3n) is 0.760. The van der Waals surface area contributed by atoms with E-state index in [-0.39, 0.29) is 6.61 Å². The molecule has 0 saturated carbocycles. The van der Waals surface area contributed by atoms with Gasteiger partial charge in [0.05, 0.1) is 13.2 Å². The molecular formula is C6H10O3. The average molecular weight is 130 g/mol. The fourth-order valence-corrected chi connectivity index (χ4v) is 0.327. The first kappa shape index (κ1) is 8.33. The molecule has 0 aliphatic heterocycles. The maximum Gasteiger partial charge on any atom is 0.151 e. The third kappa shape index (κ3) is 3.88. The Hall–Kier alpha value is -0.670. The summed E-state index contributed by atoms with van der Waals surface area (Å²) in [4.78, 5) is 9.92. The summed E-state index contributed by atoms with van der Waals surface area (Å²) in [6.07, 6.45) is 1.39. The van der Waals surface area contributed by atoms with Crippen LogP contribution in [-0.2, 0) is 9.53 Å². The van der Waals surface area contributed by atoms with E-state index >= 15 is 0 Å². The summed E-state index contributed by atoms with van der Waals surface area (Å²) in [7, 11) is 0. The Morgan fingerprint density at radius 2 is 2.44 bits per heavy atom. The molecule has 0 heterocycles. The van der Waals surface area contributed by atoms with E-state index in [4.69, 9.17) is 9.84 Å². The van der Waals surface area contributed by atoms with Gasteiger partial charge in [0.2, 0.25) is 0 Å². The van der Waals surface area contributed by atoms with Crippen LogP contribution in [0.25, 0.3) is 0 Å². The standard InChI is InChI=1S/C6H10O3/c1-2-3-9-6(4-7)5-8/h2,4,6,8H,1,3,5H2/t6-/m0/s1. The number of hydrogen-bond donors (Lipinski definition) is 1. The molecule has 0 aliphatic carbocycles. The highest BCUT2D eigenvalue weighted by Crippen LogP contribution is 1.84. The molecule has 0 spiro atoms. The molecule has 0 rings (SSSR count). The maximum absolute atomic E-state index is 9.92. The molecular weight excluding hydrogens is 120 g/mol. The van der Waals surface area contributed by atoms with E-state index in [0.717, 1.165) is 0 Å². The number of aliphatic hydroxyl groups is 1. The quantitative estimate of drug-likeness (QED) is 0.412. The largest absolute Gasteiger partial charge is 0.393 e. The van der Waals surface area contributed by atoms with Crippen molar-refractivity contribution in [1.82, 2.24) is 0 Å². The van der Waals surface area contributed by atoms with Crippen LogP contribution < -0.4 is 0 Å². The molecule has 0 aliphatic rings. The summed E-state index contributed by atoms with van der Waals surface area (Å²) in [5.74, 6) is 0. The van der Waals surface area contributed by atoms with Crippen LogP contribution in [0.1, 0.15) is 0 Å². The Balaban J connectivity index is 3.30. The smallest absolute Gasteiger partial charge is 0.151 e. The summed E-state index contributed by atoms with van der Waals surface area (Å²) in [6.45, 7) is 3.41. The minimum absolute atomic E-state index is 0.267. The fraction of sp³-hybridized carbons (Fsp3) is 0.500. The predicted octanol–water partition coefficient (Wildman–Crippen LogP) is -0.251. The number of ether oxygens (including phenoxy) is 1. The van der Waals surface area contributed by atoms with Gasteiger partial charge in [0.1, 0.15) is 6.10 Å². The van der Waals surface area contributed by atoms with E-state index in [0.29, 0.717) is 12.9 Å². The Bertz CT molecular complexity index is 90.3. The van der Waals surface area contributed by atoms with Crippen molar-refractivity contribution in [2.75, 3.05) is 13.2 Å². The molecule has 0 amide bonds. The number of aldehydes is 1. The number of hydrogen-bond acceptors (Lipinski definition) is 3. The van der Waals surface area contributed by atoms with Crippen LogP contribution in [0.2, 0.25) is 0 Å². The second kappa shape index (κ2) is 5.47. The summed E-state index contributed by atoms with van der Waals surface area (Å²) in [6, 6.07) is 0. The van der Waals surface area contributed by atoms with E-state index in [1.165, 1.54) is 6.08 Å². The minimum Gasteiger partial charge on any atom is -0.393 e. The van der Waals surface area contributed by atoms with Gasteiger partial charge >= 0.3 is 0 Å². The predicted molar refractivity (Wildman–Crippen MR) is 33.1 cm³/mol. The molecule has 0 radical (unpaired) electrons. The van der Waals surface area contributed by atoms with Crippen molar-refractivity contribution >= 4 is 6.29 Å². The lowest BCUT2D eigenvalue weighted by Gasteiger charge is -2.04. The number of rotatable bonds is 5. The van der Waals surface area contributed by atoms with Crippen LogP contribution in [0.15, 0.2) is 12.7 Å². The Morgan fingerprint density at radius 1 is 1.78 bits per heavy atom. The molecule has 0 unspecified atom stereocenters. The Labute approximate surface area is 53.9 Å².